The first-order chi connectivity index (χ1) is 38.7. The molecule has 1 fully saturated rings. The Hall–Kier alpha value is -9.57. The van der Waals surface area contributed by atoms with Crippen molar-refractivity contribution >= 4 is 56.9 Å². The Balaban J connectivity index is 1.20. The number of alkyl halides is 3. The highest BCUT2D eigenvalue weighted by molar-refractivity contribution is 6.14. The van der Waals surface area contributed by atoms with E-state index in [1.54, 1.807) is 37.3 Å². The number of benzene rings is 6. The number of hydrogen-bond donors (Lipinski definition) is 6. The largest absolute Gasteiger partial charge is 0.455 e. The van der Waals surface area contributed by atoms with Gasteiger partial charge >= 0.3 is 6.18 Å². The maximum Gasteiger partial charge on any atom is 0.411 e. The standard InChI is InChI=1S/C60H51F5N8O8/c1-5-72(31-66)46-27-48-45(51(57(79)69-4)53(80-48)35-11-15-41(62)16-12-35)26-43(46)38-21-33(22-39(24-38)55(77)70-58(2,29-74)30-75)17-20-73(32-67)47-28-49-44(50(56(78)68-3)52(81-49)34-9-13-40(61)14-10-34)25-42(47)36-7-6-8-37(23-36)54(76)71-59(18-19-59)60(63,64)65/h6-16,21-28,74-75H,5,17-20,29-30H2,1-4H3,(H,68,78)(H,69,79)(H,70,77)(H,71,76). The molecule has 2 heterocycles. The molecule has 81 heavy (non-hydrogen) atoms. The van der Waals surface area contributed by atoms with Crippen LogP contribution in [0.3, 0.4) is 0 Å². The number of furan rings is 2. The monoisotopic (exact) mass is 1110 g/mol. The first kappa shape index (κ1) is 56.2. The second kappa shape index (κ2) is 22.3. The van der Waals surface area contributed by atoms with Gasteiger partial charge in [-0.3, -0.25) is 29.0 Å². The van der Waals surface area contributed by atoms with Crippen LogP contribution in [-0.2, 0) is 6.42 Å². The summed E-state index contributed by atoms with van der Waals surface area (Å²) in [5, 5.41) is 52.5. The van der Waals surface area contributed by atoms with Crippen LogP contribution in [0.4, 0.5) is 33.3 Å². The molecule has 6 N–H and O–H groups in total. The Labute approximate surface area is 460 Å². The summed E-state index contributed by atoms with van der Waals surface area (Å²) in [6.07, 6.45) is -0.961. The number of nitrogens with zero attached hydrogens (tertiary/aromatic N) is 4. The molecule has 21 heteroatoms. The Morgan fingerprint density at radius 1 is 0.642 bits per heavy atom. The Bertz CT molecular complexity index is 3870. The molecule has 0 saturated heterocycles. The Morgan fingerprint density at radius 3 is 1.62 bits per heavy atom. The Kier molecular flexibility index (Phi) is 15.5. The number of halogens is 5. The summed E-state index contributed by atoms with van der Waals surface area (Å²) in [5.41, 5.74) is -0.879. The summed E-state index contributed by atoms with van der Waals surface area (Å²) in [6.45, 7) is 1.85. The van der Waals surface area contributed by atoms with Gasteiger partial charge in [0.15, 0.2) is 12.4 Å². The van der Waals surface area contributed by atoms with Crippen molar-refractivity contribution in [3.05, 3.63) is 155 Å². The van der Waals surface area contributed by atoms with Crippen LogP contribution in [0.15, 0.2) is 124 Å². The molecule has 6 aromatic carbocycles. The van der Waals surface area contributed by atoms with E-state index >= 15 is 0 Å². The van der Waals surface area contributed by atoms with Crippen LogP contribution in [0.25, 0.3) is 66.8 Å². The van der Waals surface area contributed by atoms with E-state index in [1.165, 1.54) is 116 Å². The van der Waals surface area contributed by atoms with Crippen LogP contribution in [0.1, 0.15) is 73.7 Å². The summed E-state index contributed by atoms with van der Waals surface area (Å²) in [6, 6.07) is 27.2. The predicted molar refractivity (Wildman–Crippen MR) is 292 cm³/mol. The summed E-state index contributed by atoms with van der Waals surface area (Å²) in [7, 11) is 2.82. The lowest BCUT2D eigenvalue weighted by molar-refractivity contribution is -0.163. The number of nitrogens with one attached hydrogen (secondary N) is 4. The SMILES string of the molecule is CCN(C#N)c1cc2oc(-c3ccc(F)cc3)c(C(=O)NC)c2cc1-c1cc(CCN(C#N)c2cc3oc(-c4ccc(F)cc4)c(C(=O)NC)c3cc2-c2cccc(C(=O)NC3(C(F)(F)F)CC3)c2)cc(C(=O)NC(C)(CO)CO)c1. The molecule has 8 aromatic rings. The van der Waals surface area contributed by atoms with Gasteiger partial charge in [0.2, 0.25) is 0 Å². The lowest BCUT2D eigenvalue weighted by Gasteiger charge is -2.26. The molecule has 1 aliphatic carbocycles. The van der Waals surface area contributed by atoms with Crippen molar-refractivity contribution < 1.29 is 60.2 Å². The van der Waals surface area contributed by atoms with Crippen LogP contribution < -0.4 is 31.1 Å². The molecule has 0 bridgehead atoms. The average molecular weight is 1110 g/mol. The van der Waals surface area contributed by atoms with Crippen LogP contribution in [0.5, 0.6) is 0 Å². The number of carbonyl (C=O) groups is 4. The molecule has 0 atom stereocenters. The highest BCUT2D eigenvalue weighted by atomic mass is 19.4. The number of nitriles is 2. The fourth-order valence-electron chi connectivity index (χ4n) is 9.56. The summed E-state index contributed by atoms with van der Waals surface area (Å²) in [4.78, 5) is 58.0. The van der Waals surface area contributed by atoms with Crippen LogP contribution in [0.2, 0.25) is 0 Å². The lowest BCUT2D eigenvalue weighted by Crippen LogP contribution is -2.51. The van der Waals surface area contributed by atoms with Gasteiger partial charge < -0.3 is 40.3 Å². The van der Waals surface area contributed by atoms with Gasteiger partial charge in [0.05, 0.1) is 41.3 Å². The van der Waals surface area contributed by atoms with E-state index < -0.39 is 65.7 Å². The van der Waals surface area contributed by atoms with E-state index in [0.29, 0.717) is 38.9 Å². The lowest BCUT2D eigenvalue weighted by atomic mass is 9.93. The minimum atomic E-state index is -4.70. The minimum absolute atomic E-state index is 0.0113. The van der Waals surface area contributed by atoms with E-state index in [2.05, 4.69) is 33.7 Å². The molecular formula is C60H51F5N8O8. The molecule has 0 spiro atoms. The second-order valence-corrected chi connectivity index (χ2v) is 19.7. The molecular weight excluding hydrogens is 1060 g/mol. The second-order valence-electron chi connectivity index (χ2n) is 19.7. The normalized spacial score (nSPS) is 12.8. The molecule has 0 radical (unpaired) electrons. The number of anilines is 2. The number of amides is 4. The van der Waals surface area contributed by atoms with E-state index in [1.807, 2.05) is 0 Å². The van der Waals surface area contributed by atoms with Gasteiger partial charge in [-0.25, -0.2) is 8.78 Å². The van der Waals surface area contributed by atoms with Gasteiger partial charge in [-0.15, -0.1) is 0 Å². The van der Waals surface area contributed by atoms with Gasteiger partial charge in [-0.05, 0) is 135 Å². The van der Waals surface area contributed by atoms with Gasteiger partial charge in [0.1, 0.15) is 39.9 Å². The predicted octanol–water partition coefficient (Wildman–Crippen LogP) is 9.98. The van der Waals surface area contributed by atoms with Gasteiger partial charge in [-0.2, -0.15) is 23.7 Å². The van der Waals surface area contributed by atoms with Crippen molar-refractivity contribution in [1.82, 2.24) is 21.3 Å². The van der Waals surface area contributed by atoms with Crippen molar-refractivity contribution in [2.45, 2.75) is 50.4 Å². The van der Waals surface area contributed by atoms with Crippen molar-refractivity contribution in [2.75, 3.05) is 50.2 Å². The van der Waals surface area contributed by atoms with Gasteiger partial charge in [-0.1, -0.05) is 18.2 Å². The highest BCUT2D eigenvalue weighted by Gasteiger charge is 2.64. The molecule has 1 saturated carbocycles. The van der Waals surface area contributed by atoms with Crippen LogP contribution in [0, 0.1) is 34.5 Å². The first-order valence-electron chi connectivity index (χ1n) is 25.4. The quantitative estimate of drug-likeness (QED) is 0.0267. The third-order valence-electron chi connectivity index (χ3n) is 14.3. The maximum absolute atomic E-state index is 14.3. The van der Waals surface area contributed by atoms with Crippen molar-refractivity contribution in [3.8, 4) is 57.3 Å². The highest BCUT2D eigenvalue weighted by Crippen LogP contribution is 2.49. The van der Waals surface area contributed by atoms with Crippen molar-refractivity contribution in [1.29, 1.82) is 10.5 Å². The van der Waals surface area contributed by atoms with Crippen molar-refractivity contribution in [3.63, 3.8) is 0 Å². The van der Waals surface area contributed by atoms with Crippen molar-refractivity contribution in [2.24, 2.45) is 0 Å². The zero-order valence-electron chi connectivity index (χ0n) is 43.9. The van der Waals surface area contributed by atoms with Gasteiger partial charge in [0, 0.05) is 83.5 Å². The molecule has 16 nitrogen and oxygen atoms in total. The molecule has 2 aromatic heterocycles. The van der Waals surface area contributed by atoms with E-state index in [9.17, 15) is 61.9 Å². The third-order valence-corrected chi connectivity index (χ3v) is 14.3. The molecule has 414 valence electrons. The number of fused-ring (bicyclic) bond motifs is 2. The van der Waals surface area contributed by atoms with Gasteiger partial charge in [0.25, 0.3) is 23.6 Å². The average Bonchev–Trinajstić information content (AvgIpc) is 4.30. The Morgan fingerprint density at radius 2 is 1.15 bits per heavy atom. The van der Waals surface area contributed by atoms with Crippen LogP contribution in [-0.4, -0.2) is 91.5 Å². The van der Waals surface area contributed by atoms with E-state index in [-0.39, 0.29) is 99.5 Å². The zero-order valence-corrected chi connectivity index (χ0v) is 43.9. The number of aliphatic hydroxyl groups excluding tert-OH is 2. The summed E-state index contributed by atoms with van der Waals surface area (Å²) in [5.74, 6) is -3.80. The number of hydrogen-bond acceptors (Lipinski definition) is 12. The zero-order chi connectivity index (χ0) is 58.1. The third kappa shape index (κ3) is 11.0. The molecule has 1 aliphatic rings. The maximum atomic E-state index is 14.3. The molecule has 0 aliphatic heterocycles. The fourth-order valence-corrected chi connectivity index (χ4v) is 9.56. The van der Waals surface area contributed by atoms with E-state index in [4.69, 9.17) is 8.83 Å². The smallest absolute Gasteiger partial charge is 0.411 e. The fraction of sp³-hybridized carbons (Fsp3) is 0.233. The number of carbonyl (C=O) groups excluding carboxylic acids is 4. The molecule has 9 rings (SSSR count). The molecule has 4 amide bonds. The van der Waals surface area contributed by atoms with Crippen LogP contribution >= 0.6 is 0 Å². The molecule has 0 unspecified atom stereocenters. The minimum Gasteiger partial charge on any atom is -0.455 e. The number of rotatable bonds is 18. The van der Waals surface area contributed by atoms with E-state index in [0.717, 1.165) is 0 Å². The summed E-state index contributed by atoms with van der Waals surface area (Å²) >= 11 is 0. The topological polar surface area (TPSA) is 237 Å². The number of aliphatic hydroxyl groups is 2. The summed E-state index contributed by atoms with van der Waals surface area (Å²) < 4.78 is 83.1. The first-order valence-corrected chi connectivity index (χ1v) is 25.4.